The molecule has 2 aromatic carbocycles. The van der Waals surface area contributed by atoms with Gasteiger partial charge < -0.3 is 15.0 Å². The fraction of sp³-hybridized carbons (Fsp3) is 0.250. The van der Waals surface area contributed by atoms with E-state index >= 15 is 0 Å². The molecule has 0 spiro atoms. The van der Waals surface area contributed by atoms with Crippen molar-refractivity contribution < 1.29 is 9.53 Å². The molecule has 1 unspecified atom stereocenters. The van der Waals surface area contributed by atoms with Crippen molar-refractivity contribution in [2.45, 2.75) is 13.0 Å². The highest BCUT2D eigenvalue weighted by molar-refractivity contribution is 6.36. The van der Waals surface area contributed by atoms with Gasteiger partial charge in [-0.25, -0.2) is 15.0 Å². The van der Waals surface area contributed by atoms with Gasteiger partial charge in [0.05, 0.1) is 35.5 Å². The van der Waals surface area contributed by atoms with E-state index in [1.54, 1.807) is 17.3 Å². The number of rotatable bonds is 4. The van der Waals surface area contributed by atoms with Crippen molar-refractivity contribution in [3.05, 3.63) is 71.3 Å². The summed E-state index contributed by atoms with van der Waals surface area (Å²) in [6.45, 7) is 4.12. The molecule has 2 aromatic heterocycles. The molecule has 1 aliphatic rings. The Morgan fingerprint density at radius 1 is 1.12 bits per heavy atom. The van der Waals surface area contributed by atoms with E-state index in [4.69, 9.17) is 21.3 Å². The van der Waals surface area contributed by atoms with E-state index in [0.29, 0.717) is 42.4 Å². The second-order valence-corrected chi connectivity index (χ2v) is 8.15. The molecule has 32 heavy (non-hydrogen) atoms. The quantitative estimate of drug-likeness (QED) is 0.497. The summed E-state index contributed by atoms with van der Waals surface area (Å²) in [5, 5.41) is 6.43. The van der Waals surface area contributed by atoms with Crippen LogP contribution in [0, 0.1) is 0 Å². The van der Waals surface area contributed by atoms with Gasteiger partial charge in [0, 0.05) is 23.9 Å². The number of morpholine rings is 1. The van der Waals surface area contributed by atoms with Gasteiger partial charge in [0.25, 0.3) is 5.91 Å². The standard InChI is InChI=1S/C24H22ClN5O2/c1-15(28-23-17-6-2-3-8-19(17)26-14-27-23)20-13-16-5-4-7-18(25)21(16)22(29-20)24(31)30-9-11-32-12-10-30/h2-8,13-15H,9-12H2,1H3,(H,26,27,28). The molecule has 0 saturated carbocycles. The molecule has 8 heteroatoms. The first-order valence-corrected chi connectivity index (χ1v) is 10.9. The lowest BCUT2D eigenvalue weighted by molar-refractivity contribution is 0.0300. The molecule has 1 saturated heterocycles. The minimum atomic E-state index is -0.201. The first-order valence-electron chi connectivity index (χ1n) is 10.5. The van der Waals surface area contributed by atoms with Crippen molar-refractivity contribution in [3.63, 3.8) is 0 Å². The lowest BCUT2D eigenvalue weighted by atomic mass is 10.0. The van der Waals surface area contributed by atoms with Crippen molar-refractivity contribution in [2.24, 2.45) is 0 Å². The number of ether oxygens (including phenoxy) is 1. The molecule has 4 aromatic rings. The average molecular weight is 448 g/mol. The summed E-state index contributed by atoms with van der Waals surface area (Å²) in [7, 11) is 0. The third-order valence-electron chi connectivity index (χ3n) is 5.67. The highest BCUT2D eigenvalue weighted by Gasteiger charge is 2.24. The number of hydrogen-bond donors (Lipinski definition) is 1. The number of benzene rings is 2. The minimum absolute atomic E-state index is 0.132. The fourth-order valence-corrected chi connectivity index (χ4v) is 4.25. The first-order chi connectivity index (χ1) is 15.6. The molecule has 162 valence electrons. The lowest BCUT2D eigenvalue weighted by Crippen LogP contribution is -2.41. The number of halogens is 1. The van der Waals surface area contributed by atoms with Crippen LogP contribution in [0.2, 0.25) is 5.02 Å². The molecule has 0 bridgehead atoms. The first kappa shape index (κ1) is 20.6. The number of para-hydroxylation sites is 1. The maximum absolute atomic E-state index is 13.4. The number of amides is 1. The van der Waals surface area contributed by atoms with E-state index in [0.717, 1.165) is 27.8 Å². The second-order valence-electron chi connectivity index (χ2n) is 7.74. The van der Waals surface area contributed by atoms with Crippen molar-refractivity contribution in [1.82, 2.24) is 19.9 Å². The molecule has 1 fully saturated rings. The molecule has 0 aliphatic carbocycles. The number of fused-ring (bicyclic) bond motifs is 2. The second kappa shape index (κ2) is 8.68. The zero-order valence-corrected chi connectivity index (χ0v) is 18.3. The van der Waals surface area contributed by atoms with Crippen LogP contribution < -0.4 is 5.32 Å². The Kier molecular flexibility index (Phi) is 5.59. The van der Waals surface area contributed by atoms with Gasteiger partial charge in [0.1, 0.15) is 17.8 Å². The van der Waals surface area contributed by atoms with E-state index in [2.05, 4.69) is 15.3 Å². The highest BCUT2D eigenvalue weighted by atomic mass is 35.5. The summed E-state index contributed by atoms with van der Waals surface area (Å²) in [5.41, 5.74) is 1.96. The van der Waals surface area contributed by atoms with Gasteiger partial charge in [0.15, 0.2) is 0 Å². The summed E-state index contributed by atoms with van der Waals surface area (Å²) in [5.74, 6) is 0.588. The van der Waals surface area contributed by atoms with E-state index in [-0.39, 0.29) is 11.9 Å². The van der Waals surface area contributed by atoms with Gasteiger partial charge in [-0.05, 0) is 36.6 Å². The maximum atomic E-state index is 13.4. The normalized spacial score (nSPS) is 15.1. The monoisotopic (exact) mass is 447 g/mol. The van der Waals surface area contributed by atoms with E-state index in [9.17, 15) is 4.79 Å². The third-order valence-corrected chi connectivity index (χ3v) is 5.98. The SMILES string of the molecule is CC(Nc1ncnc2ccccc12)c1cc2cccc(Cl)c2c(C(=O)N2CCOCC2)n1. The van der Waals surface area contributed by atoms with Crippen molar-refractivity contribution in [1.29, 1.82) is 0 Å². The van der Waals surface area contributed by atoms with Crippen LogP contribution in [0.3, 0.4) is 0 Å². The summed E-state index contributed by atoms with van der Waals surface area (Å²) < 4.78 is 5.40. The fourth-order valence-electron chi connectivity index (χ4n) is 3.98. The largest absolute Gasteiger partial charge is 0.378 e. The van der Waals surface area contributed by atoms with Gasteiger partial charge in [-0.15, -0.1) is 0 Å². The number of nitrogens with zero attached hydrogens (tertiary/aromatic N) is 4. The molecular weight excluding hydrogens is 426 g/mol. The number of pyridine rings is 1. The van der Waals surface area contributed by atoms with Crippen LogP contribution in [0.25, 0.3) is 21.7 Å². The van der Waals surface area contributed by atoms with Gasteiger partial charge >= 0.3 is 0 Å². The third kappa shape index (κ3) is 3.85. The Labute approximate surface area is 190 Å². The van der Waals surface area contributed by atoms with Crippen LogP contribution in [0.15, 0.2) is 54.9 Å². The number of nitrogens with one attached hydrogen (secondary N) is 1. The van der Waals surface area contributed by atoms with E-state index < -0.39 is 0 Å². The van der Waals surface area contributed by atoms with Crippen molar-refractivity contribution in [2.75, 3.05) is 31.6 Å². The number of hydrogen-bond acceptors (Lipinski definition) is 6. The van der Waals surface area contributed by atoms with Crippen LogP contribution in [0.1, 0.15) is 29.1 Å². The molecule has 7 nitrogen and oxygen atoms in total. The number of aromatic nitrogens is 3. The number of carbonyl (C=O) groups is 1. The predicted molar refractivity (Wildman–Crippen MR) is 125 cm³/mol. The molecular formula is C24H22ClN5O2. The summed E-state index contributed by atoms with van der Waals surface area (Å²) >= 11 is 6.50. The predicted octanol–water partition coefficient (Wildman–Crippen LogP) is 4.48. The van der Waals surface area contributed by atoms with Gasteiger partial charge in [-0.2, -0.15) is 0 Å². The minimum Gasteiger partial charge on any atom is -0.378 e. The van der Waals surface area contributed by atoms with Crippen LogP contribution >= 0.6 is 11.6 Å². The van der Waals surface area contributed by atoms with Gasteiger partial charge in [0.2, 0.25) is 0 Å². The highest BCUT2D eigenvalue weighted by Crippen LogP contribution is 2.31. The molecule has 1 atom stereocenters. The maximum Gasteiger partial charge on any atom is 0.273 e. The Morgan fingerprint density at radius 3 is 2.78 bits per heavy atom. The lowest BCUT2D eigenvalue weighted by Gasteiger charge is -2.27. The Bertz CT molecular complexity index is 1300. The zero-order chi connectivity index (χ0) is 22.1. The Balaban J connectivity index is 1.56. The van der Waals surface area contributed by atoms with Crippen molar-refractivity contribution >= 4 is 45.0 Å². The topological polar surface area (TPSA) is 80.2 Å². The molecule has 5 rings (SSSR count). The summed E-state index contributed by atoms with van der Waals surface area (Å²) in [6.07, 6.45) is 1.54. The van der Waals surface area contributed by atoms with Crippen LogP contribution in [-0.4, -0.2) is 52.1 Å². The number of anilines is 1. The summed E-state index contributed by atoms with van der Waals surface area (Å²) in [6, 6.07) is 15.2. The molecule has 3 heterocycles. The molecule has 1 N–H and O–H groups in total. The van der Waals surface area contributed by atoms with Gasteiger partial charge in [-0.1, -0.05) is 35.9 Å². The number of carbonyl (C=O) groups excluding carboxylic acids is 1. The van der Waals surface area contributed by atoms with Crippen LogP contribution in [0.5, 0.6) is 0 Å². The zero-order valence-electron chi connectivity index (χ0n) is 17.6. The summed E-state index contributed by atoms with van der Waals surface area (Å²) in [4.78, 5) is 28.7. The Hall–Kier alpha value is -3.29. The molecule has 1 aliphatic heterocycles. The van der Waals surface area contributed by atoms with E-state index in [1.165, 1.54) is 0 Å². The smallest absolute Gasteiger partial charge is 0.273 e. The van der Waals surface area contributed by atoms with E-state index in [1.807, 2.05) is 49.4 Å². The van der Waals surface area contributed by atoms with Gasteiger partial charge in [-0.3, -0.25) is 4.79 Å². The average Bonchev–Trinajstić information content (AvgIpc) is 2.84. The molecule has 1 amide bonds. The molecule has 0 radical (unpaired) electrons. The Morgan fingerprint density at radius 2 is 1.94 bits per heavy atom. The van der Waals surface area contributed by atoms with Crippen LogP contribution in [-0.2, 0) is 4.74 Å². The van der Waals surface area contributed by atoms with Crippen LogP contribution in [0.4, 0.5) is 5.82 Å². The van der Waals surface area contributed by atoms with Crippen molar-refractivity contribution in [3.8, 4) is 0 Å².